The van der Waals surface area contributed by atoms with Crippen LogP contribution in [0.3, 0.4) is 0 Å². The summed E-state index contributed by atoms with van der Waals surface area (Å²) in [5.41, 5.74) is 33.7. The van der Waals surface area contributed by atoms with Crippen LogP contribution in [0.1, 0.15) is 0 Å². The van der Waals surface area contributed by atoms with E-state index in [1.165, 1.54) is 0 Å². The molecule has 28 nitrogen and oxygen atoms in total. The summed E-state index contributed by atoms with van der Waals surface area (Å²) in [6.45, 7) is 0. The average molecular weight is 480 g/mol. The first kappa shape index (κ1) is 23.5. The summed E-state index contributed by atoms with van der Waals surface area (Å²) >= 11 is 0. The standard InChI is InChI=1S/C6N20O8/c7-15-11-1-19(27)2(12-16-8)22(30)5(21(1)29)25(33)26(34)6-23(31)3(13-17-9)20(28)4(14-18-10)24(6)32/b26-25+. The molecule has 0 saturated heterocycles. The number of hydrogen-bond acceptors (Lipinski definition) is 12. The lowest BCUT2D eigenvalue weighted by Crippen LogP contribution is -2.58. The summed E-state index contributed by atoms with van der Waals surface area (Å²) in [4.78, 5) is 5.40. The zero-order valence-corrected chi connectivity index (χ0v) is 15.2. The molecule has 2 rings (SSSR count). The van der Waals surface area contributed by atoms with Crippen molar-refractivity contribution in [2.75, 3.05) is 0 Å². The molecule has 0 unspecified atom stereocenters. The van der Waals surface area contributed by atoms with Crippen LogP contribution in [0.2, 0.25) is 0 Å². The minimum Gasteiger partial charge on any atom is -0.685 e. The van der Waals surface area contributed by atoms with Crippen LogP contribution in [0.4, 0.5) is 35.7 Å². The van der Waals surface area contributed by atoms with E-state index in [2.05, 4.69) is 40.1 Å². The molecule has 2 aromatic rings. The summed E-state index contributed by atoms with van der Waals surface area (Å²) in [6.07, 6.45) is 0. The molecule has 2 heterocycles. The van der Waals surface area contributed by atoms with Crippen molar-refractivity contribution in [1.29, 1.82) is 0 Å². The highest BCUT2D eigenvalue weighted by molar-refractivity contribution is 5.08. The third-order valence-corrected chi connectivity index (χ3v) is 3.22. The first-order valence-corrected chi connectivity index (χ1v) is 7.29. The topological polar surface area (TPSA) is 409 Å². The summed E-state index contributed by atoms with van der Waals surface area (Å²) in [7, 11) is 0. The van der Waals surface area contributed by atoms with E-state index in [4.69, 9.17) is 22.1 Å². The molecule has 28 heteroatoms. The molecule has 34 heavy (non-hydrogen) atoms. The van der Waals surface area contributed by atoms with Crippen LogP contribution in [-0.4, -0.2) is 9.72 Å². The van der Waals surface area contributed by atoms with Gasteiger partial charge in [0.05, 0.1) is 20.9 Å². The Morgan fingerprint density at radius 1 is 0.471 bits per heavy atom. The van der Waals surface area contributed by atoms with Crippen molar-refractivity contribution in [3.05, 3.63) is 83.4 Å². The molecule has 0 aromatic carbocycles. The number of rotatable bonds is 6. The molecule has 0 atom stereocenters. The molecule has 0 spiro atoms. The van der Waals surface area contributed by atoms with Crippen LogP contribution in [0, 0.1) is 41.7 Å². The second kappa shape index (κ2) is 8.95. The Hall–Kier alpha value is -6.74. The maximum absolute atomic E-state index is 12.5. The average Bonchev–Trinajstić information content (AvgIpc) is 2.80. The van der Waals surface area contributed by atoms with Gasteiger partial charge in [0, 0.05) is 19.7 Å². The largest absolute Gasteiger partial charge is 0.802 e. The molecule has 172 valence electrons. The van der Waals surface area contributed by atoms with Gasteiger partial charge in [0.1, 0.15) is 0 Å². The number of nitrogens with zero attached hydrogens (tertiary/aromatic N) is 20. The fourth-order valence-electron chi connectivity index (χ4n) is 1.99. The van der Waals surface area contributed by atoms with Crippen LogP contribution in [0.25, 0.3) is 41.8 Å². The number of azo groups is 1. The Labute approximate surface area is 178 Å². The van der Waals surface area contributed by atoms with Crippen molar-refractivity contribution in [1.82, 2.24) is 0 Å². The third kappa shape index (κ3) is 3.49. The van der Waals surface area contributed by atoms with Gasteiger partial charge in [0.15, 0.2) is 4.86 Å². The van der Waals surface area contributed by atoms with Crippen LogP contribution >= 0.6 is 0 Å². The van der Waals surface area contributed by atoms with E-state index >= 15 is 0 Å². The van der Waals surface area contributed by atoms with Gasteiger partial charge < -0.3 is 41.7 Å². The summed E-state index contributed by atoms with van der Waals surface area (Å²) < 4.78 is -5.91. The van der Waals surface area contributed by atoms with Gasteiger partial charge in [-0.1, -0.05) is 9.46 Å². The fourth-order valence-corrected chi connectivity index (χ4v) is 1.99. The van der Waals surface area contributed by atoms with Crippen LogP contribution < -0.4 is 28.4 Å². The molecule has 2 aromatic heterocycles. The smallest absolute Gasteiger partial charge is 0.685 e. The maximum atomic E-state index is 12.5. The van der Waals surface area contributed by atoms with Crippen LogP contribution in [0.15, 0.2) is 20.5 Å². The Kier molecular flexibility index (Phi) is 6.20. The van der Waals surface area contributed by atoms with Crippen LogP contribution in [0.5, 0.6) is 0 Å². The third-order valence-electron chi connectivity index (χ3n) is 3.22. The van der Waals surface area contributed by atoms with E-state index < -0.39 is 73.8 Å². The Morgan fingerprint density at radius 2 is 0.676 bits per heavy atom. The molecular weight excluding hydrogens is 480 g/mol. The molecule has 0 aliphatic rings. The van der Waals surface area contributed by atoms with E-state index in [9.17, 15) is 41.7 Å². The van der Waals surface area contributed by atoms with Gasteiger partial charge in [-0.3, -0.25) is 0 Å². The fraction of sp³-hybridized carbons (Fsp3) is 0. The SMILES string of the molecule is [N-]=[N+]=Nc1[n+]([O-])c(N=[N+]=[N-])[n+]([O-])c(/[N+]([O-])=[N+](\[O-])c2[n+]([O-])c(N=[N+]=[N-])[n+]([O-])c(N=[N+]=[N-])[n+]2[O-])[n+]1[O-]. The highest BCUT2D eigenvalue weighted by Gasteiger charge is 2.53. The van der Waals surface area contributed by atoms with Gasteiger partial charge >= 0.3 is 45.9 Å². The summed E-state index contributed by atoms with van der Waals surface area (Å²) in [6, 6.07) is 0. The normalized spacial score (nSPS) is 10.6. The van der Waals surface area contributed by atoms with Crippen molar-refractivity contribution >= 4 is 35.7 Å². The predicted molar refractivity (Wildman–Crippen MR) is 88.4 cm³/mol. The molecule has 0 amide bonds. The number of aromatic nitrogens is 6. The van der Waals surface area contributed by atoms with Gasteiger partial charge in [-0.25, -0.2) is 0 Å². The van der Waals surface area contributed by atoms with Gasteiger partial charge in [-0.15, -0.1) is 4.73 Å². The zero-order chi connectivity index (χ0) is 25.7. The van der Waals surface area contributed by atoms with E-state index in [1.54, 1.807) is 0 Å². The van der Waals surface area contributed by atoms with Gasteiger partial charge in [-0.2, -0.15) is 0 Å². The molecule has 0 N–H and O–H groups in total. The van der Waals surface area contributed by atoms with E-state index in [-0.39, 0.29) is 0 Å². The minimum absolute atomic E-state index is 0.837. The van der Waals surface area contributed by atoms with Gasteiger partial charge in [0.2, 0.25) is 4.86 Å². The Morgan fingerprint density at radius 3 is 0.853 bits per heavy atom. The zero-order valence-electron chi connectivity index (χ0n) is 15.2. The van der Waals surface area contributed by atoms with E-state index in [1.807, 2.05) is 0 Å². The quantitative estimate of drug-likeness (QED) is 0.119. The Balaban J connectivity index is 3.14. The molecule has 0 aliphatic carbocycles. The molecule has 0 aliphatic heterocycles. The van der Waals surface area contributed by atoms with Gasteiger partial charge in [-0.05, 0) is 15.8 Å². The molecule has 0 fully saturated rings. The first-order chi connectivity index (χ1) is 16.1. The van der Waals surface area contributed by atoms with E-state index in [0.29, 0.717) is 0 Å². The molecular formula is C6N20O8. The second-order valence-corrected chi connectivity index (χ2v) is 4.87. The second-order valence-electron chi connectivity index (χ2n) is 4.87. The van der Waals surface area contributed by atoms with Gasteiger partial charge in [0.25, 0.3) is 9.82 Å². The lowest BCUT2D eigenvalue weighted by molar-refractivity contribution is -1.03. The van der Waals surface area contributed by atoms with Crippen molar-refractivity contribution in [3.8, 4) is 0 Å². The monoisotopic (exact) mass is 480 g/mol. The van der Waals surface area contributed by atoms with E-state index in [0.717, 1.165) is 0 Å². The lowest BCUT2D eigenvalue weighted by atomic mass is 10.8. The molecule has 0 radical (unpaired) electrons. The van der Waals surface area contributed by atoms with Crippen molar-refractivity contribution in [3.63, 3.8) is 0 Å². The number of hydrogen-bond donors (Lipinski definition) is 0. The summed E-state index contributed by atoms with van der Waals surface area (Å²) in [5.74, 6) is -11.0. The highest BCUT2D eigenvalue weighted by Crippen LogP contribution is 2.14. The molecule has 0 bridgehead atoms. The van der Waals surface area contributed by atoms with Crippen molar-refractivity contribution in [2.45, 2.75) is 0 Å². The van der Waals surface area contributed by atoms with Crippen molar-refractivity contribution < 1.29 is 38.1 Å². The number of azide groups is 4. The Bertz CT molecular complexity index is 1250. The highest BCUT2D eigenvalue weighted by atomic mass is 16.6. The minimum atomic E-state index is -2.10. The van der Waals surface area contributed by atoms with Crippen molar-refractivity contribution in [2.24, 2.45) is 20.5 Å². The van der Waals surface area contributed by atoms with Crippen LogP contribution in [-0.2, 0) is 0 Å². The first-order valence-electron chi connectivity index (χ1n) is 7.29. The predicted octanol–water partition coefficient (Wildman–Crippen LogP) is -1.31. The summed E-state index contributed by atoms with van der Waals surface area (Å²) in [5, 5.41) is 108. The lowest BCUT2D eigenvalue weighted by Gasteiger charge is -2.10. The molecule has 0 saturated carbocycles. The maximum Gasteiger partial charge on any atom is 0.802 e.